The van der Waals surface area contributed by atoms with Crippen molar-refractivity contribution >= 4 is 63.4 Å². The normalized spacial score (nSPS) is 12.2. The molecule has 6 N–H and O–H groups in total. The standard InChI is InChI=1S/C37H30F2N6O9/c1-17(35(48)49)40-31(46)13-19-3-9-29-27(11-19)42-33(53-29)21-5-7-25(23(38)15-21)44-37(52)45-26-8-6-22(16-24(26)39)34-43-28-12-20(4-10-30(28)54-34)14-32(47)41-18(2)36(50)51/h3-12,15-18H,13-14H2,1-2H3,(H,40,46)(H,41,47)(H,48,49)(H,50,51)(H2,44,45,52). The molecule has 0 saturated heterocycles. The third-order valence-corrected chi connectivity index (χ3v) is 8.06. The van der Waals surface area contributed by atoms with Gasteiger partial charge >= 0.3 is 18.0 Å². The number of rotatable bonds is 12. The summed E-state index contributed by atoms with van der Waals surface area (Å²) in [4.78, 5) is 67.8. The van der Waals surface area contributed by atoms with E-state index >= 15 is 8.78 Å². The van der Waals surface area contributed by atoms with Crippen molar-refractivity contribution < 1.29 is 51.8 Å². The van der Waals surface area contributed by atoms with E-state index in [0.717, 1.165) is 12.1 Å². The molecule has 2 atom stereocenters. The van der Waals surface area contributed by atoms with Gasteiger partial charge in [0.2, 0.25) is 23.6 Å². The number of anilines is 2. The number of carbonyl (C=O) groups is 5. The van der Waals surface area contributed by atoms with Gasteiger partial charge in [0, 0.05) is 11.1 Å². The van der Waals surface area contributed by atoms with Gasteiger partial charge in [0.25, 0.3) is 0 Å². The molecule has 0 spiro atoms. The quantitative estimate of drug-likeness (QED) is 0.0920. The summed E-state index contributed by atoms with van der Waals surface area (Å²) in [5.74, 6) is -4.84. The first kappa shape index (κ1) is 36.6. The monoisotopic (exact) mass is 740 g/mol. The van der Waals surface area contributed by atoms with Crippen molar-refractivity contribution in [2.45, 2.75) is 38.8 Å². The summed E-state index contributed by atoms with van der Waals surface area (Å²) in [5, 5.41) is 27.4. The highest BCUT2D eigenvalue weighted by Crippen LogP contribution is 2.30. The summed E-state index contributed by atoms with van der Waals surface area (Å²) in [6.45, 7) is 2.70. The van der Waals surface area contributed by atoms with Gasteiger partial charge in [-0.05, 0) is 85.6 Å². The number of halogens is 2. The van der Waals surface area contributed by atoms with Gasteiger partial charge in [-0.3, -0.25) is 19.2 Å². The minimum absolute atomic E-state index is 0.0672. The van der Waals surface area contributed by atoms with Crippen LogP contribution in [0, 0.1) is 11.6 Å². The number of benzene rings is 4. The van der Waals surface area contributed by atoms with Gasteiger partial charge in [-0.1, -0.05) is 12.1 Å². The zero-order valence-electron chi connectivity index (χ0n) is 28.4. The van der Waals surface area contributed by atoms with Gasteiger partial charge in [0.05, 0.1) is 24.2 Å². The third kappa shape index (κ3) is 8.47. The van der Waals surface area contributed by atoms with Crippen LogP contribution >= 0.6 is 0 Å². The molecule has 0 aliphatic carbocycles. The highest BCUT2D eigenvalue weighted by Gasteiger charge is 2.19. The predicted octanol–water partition coefficient (Wildman–Crippen LogP) is 5.49. The Morgan fingerprint density at radius 3 is 1.41 bits per heavy atom. The van der Waals surface area contributed by atoms with Crippen molar-refractivity contribution in [2.75, 3.05) is 10.6 Å². The summed E-state index contributed by atoms with van der Waals surface area (Å²) >= 11 is 0. The molecule has 4 amide bonds. The van der Waals surface area contributed by atoms with Gasteiger partial charge in [-0.15, -0.1) is 0 Å². The number of aliphatic carboxylic acids is 2. The van der Waals surface area contributed by atoms with Gasteiger partial charge in [-0.2, -0.15) is 0 Å². The lowest BCUT2D eigenvalue weighted by Gasteiger charge is -2.10. The molecule has 6 aromatic rings. The lowest BCUT2D eigenvalue weighted by atomic mass is 10.1. The van der Waals surface area contributed by atoms with Crippen LogP contribution in [0.15, 0.2) is 81.6 Å². The summed E-state index contributed by atoms with van der Waals surface area (Å²) in [5.41, 5.74) is 2.66. The van der Waals surface area contributed by atoms with Crippen LogP contribution in [-0.2, 0) is 32.0 Å². The summed E-state index contributed by atoms with van der Waals surface area (Å²) < 4.78 is 41.7. The number of amides is 4. The molecule has 0 aliphatic rings. The molecule has 0 bridgehead atoms. The SMILES string of the molecule is CC(NC(=O)Cc1ccc2oc(-c3ccc(NC(=O)Nc4ccc(-c5nc6cc(CC(=O)NC(C)C(=O)O)ccc6o5)cc4F)c(F)c3)nc2c1)C(=O)O. The first-order valence-electron chi connectivity index (χ1n) is 16.2. The summed E-state index contributed by atoms with van der Waals surface area (Å²) in [6, 6.07) is 14.2. The van der Waals surface area contributed by atoms with E-state index in [9.17, 15) is 24.0 Å². The highest BCUT2D eigenvalue weighted by molar-refractivity contribution is 6.00. The number of hydrogen-bond acceptors (Lipinski definition) is 9. The van der Waals surface area contributed by atoms with E-state index in [0.29, 0.717) is 33.3 Å². The number of hydrogen-bond donors (Lipinski definition) is 6. The van der Waals surface area contributed by atoms with Crippen LogP contribution in [0.25, 0.3) is 45.1 Å². The summed E-state index contributed by atoms with van der Waals surface area (Å²) in [7, 11) is 0. The number of carboxylic acids is 2. The molecule has 15 nitrogen and oxygen atoms in total. The van der Waals surface area contributed by atoms with Crippen LogP contribution in [0.5, 0.6) is 0 Å². The van der Waals surface area contributed by atoms with Gasteiger partial charge < -0.3 is 40.3 Å². The Hall–Kier alpha value is -7.17. The fourth-order valence-electron chi connectivity index (χ4n) is 5.27. The largest absolute Gasteiger partial charge is 0.480 e. The zero-order chi connectivity index (χ0) is 38.7. The average molecular weight is 741 g/mol. The number of urea groups is 1. The van der Waals surface area contributed by atoms with E-state index < -0.39 is 53.5 Å². The number of fused-ring (bicyclic) bond motifs is 2. The van der Waals surface area contributed by atoms with E-state index in [-0.39, 0.29) is 47.1 Å². The molecular weight excluding hydrogens is 710 g/mol. The summed E-state index contributed by atoms with van der Waals surface area (Å²) in [6.07, 6.45) is -0.187. The molecule has 0 fully saturated rings. The Morgan fingerprint density at radius 2 is 1.04 bits per heavy atom. The second-order valence-electron chi connectivity index (χ2n) is 12.2. The smallest absolute Gasteiger partial charge is 0.325 e. The number of carbonyl (C=O) groups excluding carboxylic acids is 3. The molecule has 2 heterocycles. The van der Waals surface area contributed by atoms with Gasteiger partial charge in [0.15, 0.2) is 11.2 Å². The van der Waals surface area contributed by atoms with Crippen LogP contribution in [-0.4, -0.2) is 62.0 Å². The molecule has 0 aliphatic heterocycles. The van der Waals surface area contributed by atoms with Crippen molar-refractivity contribution in [3.8, 4) is 22.9 Å². The van der Waals surface area contributed by atoms with Crippen LogP contribution in [0.2, 0.25) is 0 Å². The molecular formula is C37H30F2N6O9. The molecule has 4 aromatic carbocycles. The fourth-order valence-corrected chi connectivity index (χ4v) is 5.27. The van der Waals surface area contributed by atoms with E-state index in [4.69, 9.17) is 19.0 Å². The topological polar surface area (TPSA) is 226 Å². The Morgan fingerprint density at radius 1 is 0.630 bits per heavy atom. The van der Waals surface area contributed by atoms with E-state index in [1.165, 1.54) is 38.1 Å². The van der Waals surface area contributed by atoms with E-state index in [2.05, 4.69) is 31.2 Å². The first-order valence-corrected chi connectivity index (χ1v) is 16.2. The second kappa shape index (κ2) is 15.2. The number of oxazole rings is 2. The van der Waals surface area contributed by atoms with Crippen molar-refractivity contribution in [1.82, 2.24) is 20.6 Å². The lowest BCUT2D eigenvalue weighted by molar-refractivity contribution is -0.141. The van der Waals surface area contributed by atoms with Gasteiger partial charge in [0.1, 0.15) is 34.8 Å². The molecule has 2 unspecified atom stereocenters. The molecule has 6 rings (SSSR count). The molecule has 54 heavy (non-hydrogen) atoms. The van der Waals surface area contributed by atoms with Gasteiger partial charge in [-0.25, -0.2) is 23.5 Å². The maximum Gasteiger partial charge on any atom is 0.325 e. The molecule has 0 radical (unpaired) electrons. The lowest BCUT2D eigenvalue weighted by Crippen LogP contribution is -2.39. The number of nitrogens with zero attached hydrogens (tertiary/aromatic N) is 2. The van der Waals surface area contributed by atoms with Crippen molar-refractivity contribution in [2.24, 2.45) is 0 Å². The maximum absolute atomic E-state index is 15.1. The predicted molar refractivity (Wildman–Crippen MR) is 189 cm³/mol. The van der Waals surface area contributed by atoms with Crippen LogP contribution in [0.1, 0.15) is 25.0 Å². The maximum atomic E-state index is 15.1. The zero-order valence-corrected chi connectivity index (χ0v) is 28.4. The van der Waals surface area contributed by atoms with E-state index in [1.54, 1.807) is 36.4 Å². The minimum Gasteiger partial charge on any atom is -0.480 e. The Kier molecular flexibility index (Phi) is 10.3. The second-order valence-corrected chi connectivity index (χ2v) is 12.2. The Bertz CT molecular complexity index is 2290. The molecule has 2 aromatic heterocycles. The van der Waals surface area contributed by atoms with Crippen molar-refractivity contribution in [1.29, 1.82) is 0 Å². The fraction of sp³-hybridized carbons (Fsp3) is 0.162. The Balaban J connectivity index is 1.08. The third-order valence-electron chi connectivity index (χ3n) is 8.06. The van der Waals surface area contributed by atoms with Crippen LogP contribution in [0.4, 0.5) is 25.0 Å². The Labute approximate surface area is 303 Å². The first-order chi connectivity index (χ1) is 25.7. The highest BCUT2D eigenvalue weighted by atomic mass is 19.1. The van der Waals surface area contributed by atoms with Crippen LogP contribution < -0.4 is 21.3 Å². The van der Waals surface area contributed by atoms with Crippen LogP contribution in [0.3, 0.4) is 0 Å². The van der Waals surface area contributed by atoms with Crippen molar-refractivity contribution in [3.63, 3.8) is 0 Å². The molecule has 17 heteroatoms. The van der Waals surface area contributed by atoms with E-state index in [1.807, 2.05) is 0 Å². The molecule has 0 saturated carbocycles. The number of carboxylic acid groups (broad SMARTS) is 2. The molecule has 276 valence electrons. The number of aromatic nitrogens is 2. The number of nitrogens with one attached hydrogen (secondary N) is 4. The minimum atomic E-state index is -1.16. The van der Waals surface area contributed by atoms with Crippen molar-refractivity contribution in [3.05, 3.63) is 95.6 Å². The average Bonchev–Trinajstić information content (AvgIpc) is 3.74.